The van der Waals surface area contributed by atoms with E-state index in [1.165, 1.54) is 23.3 Å². The van der Waals surface area contributed by atoms with Gasteiger partial charge in [-0.2, -0.15) is 13.2 Å². The summed E-state index contributed by atoms with van der Waals surface area (Å²) in [5.74, 6) is 0.0829. The highest BCUT2D eigenvalue weighted by Crippen LogP contribution is 2.33. The van der Waals surface area contributed by atoms with Gasteiger partial charge in [-0.25, -0.2) is 9.67 Å². The number of aromatic nitrogens is 4. The van der Waals surface area contributed by atoms with E-state index < -0.39 is 11.7 Å². The Bertz CT molecular complexity index is 509. The first kappa shape index (κ1) is 12.0. The van der Waals surface area contributed by atoms with Crippen LogP contribution in [-0.2, 0) is 11.5 Å². The van der Waals surface area contributed by atoms with E-state index in [2.05, 4.69) is 31.2 Å². The summed E-state index contributed by atoms with van der Waals surface area (Å²) in [6.45, 7) is 0. The van der Waals surface area contributed by atoms with Crippen LogP contribution in [-0.4, -0.2) is 20.0 Å². The Hall–Kier alpha value is -1.44. The van der Waals surface area contributed by atoms with Crippen molar-refractivity contribution in [2.75, 3.05) is 0 Å². The molecule has 0 unspecified atom stereocenters. The highest BCUT2D eigenvalue weighted by molar-refractivity contribution is 9.08. The van der Waals surface area contributed by atoms with Gasteiger partial charge in [-0.05, 0) is 11.6 Å². The van der Waals surface area contributed by atoms with E-state index >= 15 is 0 Å². The molecule has 17 heavy (non-hydrogen) atoms. The molecule has 8 heteroatoms. The van der Waals surface area contributed by atoms with Crippen molar-refractivity contribution in [1.82, 2.24) is 20.0 Å². The Kier molecular flexibility index (Phi) is 3.14. The monoisotopic (exact) mass is 306 g/mol. The molecule has 0 fully saturated rings. The molecule has 4 nitrogen and oxygen atoms in total. The van der Waals surface area contributed by atoms with Gasteiger partial charge in [-0.1, -0.05) is 21.1 Å². The molecule has 0 saturated carbocycles. The van der Waals surface area contributed by atoms with Gasteiger partial charge in [0.25, 0.3) is 0 Å². The Morgan fingerprint density at radius 3 is 2.65 bits per heavy atom. The van der Waals surface area contributed by atoms with Crippen LogP contribution >= 0.6 is 15.9 Å². The second-order valence-corrected chi connectivity index (χ2v) is 3.74. The highest BCUT2D eigenvalue weighted by atomic mass is 79.9. The van der Waals surface area contributed by atoms with Gasteiger partial charge in [0.05, 0.1) is 18.0 Å². The van der Waals surface area contributed by atoms with Crippen LogP contribution in [0.15, 0.2) is 24.7 Å². The Balaban J connectivity index is 2.53. The van der Waals surface area contributed by atoms with Gasteiger partial charge < -0.3 is 0 Å². The van der Waals surface area contributed by atoms with Crippen molar-refractivity contribution in [2.24, 2.45) is 0 Å². The molecule has 0 aliphatic carbocycles. The highest BCUT2D eigenvalue weighted by Gasteiger charge is 2.33. The minimum Gasteiger partial charge on any atom is -0.237 e. The summed E-state index contributed by atoms with van der Waals surface area (Å²) in [7, 11) is 0. The first-order valence-corrected chi connectivity index (χ1v) is 5.63. The number of rotatable bonds is 2. The number of nitrogens with zero attached hydrogens (tertiary/aromatic N) is 4. The first-order valence-electron chi connectivity index (χ1n) is 4.51. The van der Waals surface area contributed by atoms with Crippen molar-refractivity contribution < 1.29 is 13.2 Å². The van der Waals surface area contributed by atoms with E-state index in [1.54, 1.807) is 0 Å². The fourth-order valence-corrected chi connectivity index (χ4v) is 1.75. The van der Waals surface area contributed by atoms with E-state index in [-0.39, 0.29) is 16.7 Å². The van der Waals surface area contributed by atoms with Crippen molar-refractivity contribution in [3.05, 3.63) is 35.8 Å². The topological polar surface area (TPSA) is 43.6 Å². The van der Waals surface area contributed by atoms with Crippen LogP contribution < -0.4 is 0 Å². The summed E-state index contributed by atoms with van der Waals surface area (Å²) in [5, 5.41) is 7.20. The summed E-state index contributed by atoms with van der Waals surface area (Å²) < 4.78 is 39.5. The maximum atomic E-state index is 12.8. The second kappa shape index (κ2) is 4.44. The predicted molar refractivity (Wildman–Crippen MR) is 56.8 cm³/mol. The minimum absolute atomic E-state index is 0.0829. The summed E-state index contributed by atoms with van der Waals surface area (Å²) in [4.78, 5) is 3.90. The summed E-state index contributed by atoms with van der Waals surface area (Å²) in [6.07, 6.45) is -0.445. The zero-order valence-electron chi connectivity index (χ0n) is 8.32. The lowest BCUT2D eigenvalue weighted by molar-refractivity contribution is -0.138. The van der Waals surface area contributed by atoms with Crippen molar-refractivity contribution in [3.63, 3.8) is 0 Å². The third-order valence-electron chi connectivity index (χ3n) is 2.08. The smallest absolute Gasteiger partial charge is 0.237 e. The molecule has 2 aromatic heterocycles. The number of hydrogen-bond donors (Lipinski definition) is 0. The largest absolute Gasteiger partial charge is 0.416 e. The summed E-state index contributed by atoms with van der Waals surface area (Å²) >= 11 is 3.00. The fourth-order valence-electron chi connectivity index (χ4n) is 1.30. The molecule has 0 aliphatic rings. The molecule has 0 aliphatic heterocycles. The maximum Gasteiger partial charge on any atom is 0.416 e. The molecule has 0 atom stereocenters. The maximum absolute atomic E-state index is 12.8. The minimum atomic E-state index is -4.42. The number of alkyl halides is 4. The van der Waals surface area contributed by atoms with E-state index in [4.69, 9.17) is 0 Å². The molecule has 0 bridgehead atoms. The lowest BCUT2D eigenvalue weighted by Crippen LogP contribution is -2.11. The first-order chi connectivity index (χ1) is 8.02. The van der Waals surface area contributed by atoms with Crippen LogP contribution in [0.1, 0.15) is 11.1 Å². The van der Waals surface area contributed by atoms with Crippen LogP contribution in [0.5, 0.6) is 0 Å². The van der Waals surface area contributed by atoms with Gasteiger partial charge in [-0.15, -0.1) is 5.10 Å². The van der Waals surface area contributed by atoms with Crippen LogP contribution in [0.3, 0.4) is 0 Å². The summed E-state index contributed by atoms with van der Waals surface area (Å²) in [5.41, 5.74) is -0.642. The number of hydrogen-bond acceptors (Lipinski definition) is 3. The molecular weight excluding hydrogens is 301 g/mol. The van der Waals surface area contributed by atoms with Gasteiger partial charge >= 0.3 is 6.18 Å². The molecule has 0 amide bonds. The van der Waals surface area contributed by atoms with E-state index in [9.17, 15) is 13.2 Å². The molecule has 0 radical (unpaired) electrons. The normalized spacial score (nSPS) is 11.8. The molecular formula is C9H6BrF3N4. The number of halogens is 4. The van der Waals surface area contributed by atoms with Crippen molar-refractivity contribution in [1.29, 1.82) is 0 Å². The molecule has 0 saturated heterocycles. The van der Waals surface area contributed by atoms with Gasteiger partial charge in [0, 0.05) is 11.5 Å². The van der Waals surface area contributed by atoms with Gasteiger partial charge in [0.1, 0.15) is 0 Å². The molecule has 2 heterocycles. The zero-order chi connectivity index (χ0) is 12.5. The van der Waals surface area contributed by atoms with Gasteiger partial charge in [0.2, 0.25) is 0 Å². The average Bonchev–Trinajstić information content (AvgIpc) is 2.80. The predicted octanol–water partition coefficient (Wildman–Crippen LogP) is 2.58. The van der Waals surface area contributed by atoms with Crippen molar-refractivity contribution in [2.45, 2.75) is 11.5 Å². The van der Waals surface area contributed by atoms with Crippen molar-refractivity contribution in [3.8, 4) is 5.82 Å². The van der Waals surface area contributed by atoms with Crippen molar-refractivity contribution >= 4 is 15.9 Å². The molecule has 0 aromatic carbocycles. The van der Waals surface area contributed by atoms with Crippen LogP contribution in [0.2, 0.25) is 0 Å². The Morgan fingerprint density at radius 1 is 1.35 bits per heavy atom. The molecule has 2 rings (SSSR count). The van der Waals surface area contributed by atoms with Gasteiger partial charge in [0.15, 0.2) is 5.82 Å². The van der Waals surface area contributed by atoms with E-state index in [0.29, 0.717) is 0 Å². The summed E-state index contributed by atoms with van der Waals surface area (Å²) in [6, 6.07) is 0.950. The third-order valence-corrected chi connectivity index (χ3v) is 2.68. The molecule has 2 aromatic rings. The quantitative estimate of drug-likeness (QED) is 0.801. The lowest BCUT2D eigenvalue weighted by Gasteiger charge is -2.12. The van der Waals surface area contributed by atoms with Gasteiger partial charge in [-0.3, -0.25) is 0 Å². The second-order valence-electron chi connectivity index (χ2n) is 3.18. The molecule has 0 N–H and O–H groups in total. The number of pyridine rings is 1. The Morgan fingerprint density at radius 2 is 2.12 bits per heavy atom. The fraction of sp³-hybridized carbons (Fsp3) is 0.222. The zero-order valence-corrected chi connectivity index (χ0v) is 9.90. The van der Waals surface area contributed by atoms with E-state index in [1.807, 2.05) is 0 Å². The third kappa shape index (κ3) is 2.46. The standard InChI is InChI=1S/C9H6BrF3N4/c10-4-6-5-14-8(17-2-1-15-16-17)3-7(6)9(11,12)13/h1-3,5H,4H2. The Labute approximate surface area is 103 Å². The van der Waals surface area contributed by atoms with Crippen LogP contribution in [0.25, 0.3) is 5.82 Å². The molecule has 0 spiro atoms. The van der Waals surface area contributed by atoms with Crippen LogP contribution in [0.4, 0.5) is 13.2 Å². The SMILES string of the molecule is FC(F)(F)c1cc(-n2ccnn2)ncc1CBr. The van der Waals surface area contributed by atoms with Crippen LogP contribution in [0, 0.1) is 0 Å². The lowest BCUT2D eigenvalue weighted by atomic mass is 10.1. The van der Waals surface area contributed by atoms with E-state index in [0.717, 1.165) is 6.07 Å². The molecule has 90 valence electrons. The average molecular weight is 307 g/mol.